The number of ether oxygens (including phenoxy) is 1. The summed E-state index contributed by atoms with van der Waals surface area (Å²) >= 11 is 2.58. The standard InChI is InChI=1S/C30H26N4O3S2/c1-3-37-29(36)26-24(21-10-6-4-7-11-21)18-38-28(26)31-25(35)19-39-30-33-32-27(22-16-14-20(2)15-17-22)34(30)23-12-8-5-9-13-23/h4-18H,3,19H2,1-2H3,(H,31,35). The minimum absolute atomic E-state index is 0.0830. The fourth-order valence-corrected chi connectivity index (χ4v) is 5.77. The van der Waals surface area contributed by atoms with Crippen LogP contribution in [0.15, 0.2) is 95.5 Å². The number of aryl methyl sites for hydroxylation is 1. The molecule has 5 aromatic rings. The maximum absolute atomic E-state index is 13.1. The highest BCUT2D eigenvalue weighted by atomic mass is 32.2. The Hall–Kier alpha value is -4.21. The van der Waals surface area contributed by atoms with Crippen LogP contribution in [0.25, 0.3) is 28.2 Å². The van der Waals surface area contributed by atoms with Gasteiger partial charge in [0.15, 0.2) is 11.0 Å². The van der Waals surface area contributed by atoms with Crippen LogP contribution in [0.5, 0.6) is 0 Å². The van der Waals surface area contributed by atoms with Gasteiger partial charge in [-0.3, -0.25) is 9.36 Å². The van der Waals surface area contributed by atoms with Crippen LogP contribution in [0.2, 0.25) is 0 Å². The minimum Gasteiger partial charge on any atom is -0.462 e. The Kier molecular flexibility index (Phi) is 8.19. The first-order valence-electron chi connectivity index (χ1n) is 12.4. The van der Waals surface area contributed by atoms with Crippen molar-refractivity contribution in [2.24, 2.45) is 0 Å². The lowest BCUT2D eigenvalue weighted by Crippen LogP contribution is -2.16. The summed E-state index contributed by atoms with van der Waals surface area (Å²) in [6.45, 7) is 4.04. The summed E-state index contributed by atoms with van der Waals surface area (Å²) < 4.78 is 7.26. The molecule has 196 valence electrons. The van der Waals surface area contributed by atoms with E-state index in [9.17, 15) is 9.59 Å². The number of aromatic nitrogens is 3. The number of benzene rings is 3. The first-order chi connectivity index (χ1) is 19.0. The summed E-state index contributed by atoms with van der Waals surface area (Å²) in [5.41, 5.74) is 4.96. The van der Waals surface area contributed by atoms with Gasteiger partial charge in [-0.15, -0.1) is 21.5 Å². The number of carbonyl (C=O) groups is 2. The van der Waals surface area contributed by atoms with Crippen molar-refractivity contribution in [2.45, 2.75) is 19.0 Å². The van der Waals surface area contributed by atoms with Gasteiger partial charge in [0.05, 0.1) is 12.4 Å². The average molecular weight is 555 g/mol. The van der Waals surface area contributed by atoms with Crippen molar-refractivity contribution in [3.63, 3.8) is 0 Å². The molecular formula is C30H26N4O3S2. The summed E-state index contributed by atoms with van der Waals surface area (Å²) in [7, 11) is 0. The van der Waals surface area contributed by atoms with Crippen LogP contribution in [0, 0.1) is 6.92 Å². The molecular weight excluding hydrogens is 528 g/mol. The summed E-state index contributed by atoms with van der Waals surface area (Å²) in [6.07, 6.45) is 0. The molecule has 0 radical (unpaired) electrons. The quantitative estimate of drug-likeness (QED) is 0.158. The number of esters is 1. The monoisotopic (exact) mass is 554 g/mol. The minimum atomic E-state index is -0.466. The lowest BCUT2D eigenvalue weighted by molar-refractivity contribution is -0.113. The average Bonchev–Trinajstić information content (AvgIpc) is 3.58. The molecule has 3 aromatic carbocycles. The molecule has 0 unspecified atom stereocenters. The van der Waals surface area contributed by atoms with Crippen molar-refractivity contribution in [1.29, 1.82) is 0 Å². The summed E-state index contributed by atoms with van der Waals surface area (Å²) in [4.78, 5) is 25.9. The van der Waals surface area contributed by atoms with E-state index in [0.717, 1.165) is 27.9 Å². The van der Waals surface area contributed by atoms with Gasteiger partial charge in [-0.1, -0.05) is 90.1 Å². The van der Waals surface area contributed by atoms with Crippen molar-refractivity contribution in [2.75, 3.05) is 17.7 Å². The van der Waals surface area contributed by atoms with Crippen LogP contribution in [-0.2, 0) is 9.53 Å². The third-order valence-electron chi connectivity index (χ3n) is 5.90. The Labute approximate surface area is 234 Å². The number of para-hydroxylation sites is 1. The third kappa shape index (κ3) is 5.94. The second kappa shape index (κ2) is 12.1. The highest BCUT2D eigenvalue weighted by Gasteiger charge is 2.23. The summed E-state index contributed by atoms with van der Waals surface area (Å²) in [6, 6.07) is 27.5. The third-order valence-corrected chi connectivity index (χ3v) is 7.72. The number of nitrogens with one attached hydrogen (secondary N) is 1. The molecule has 1 N–H and O–H groups in total. The van der Waals surface area contributed by atoms with Crippen molar-refractivity contribution >= 4 is 40.0 Å². The van der Waals surface area contributed by atoms with Gasteiger partial charge in [0, 0.05) is 22.2 Å². The molecule has 2 heterocycles. The van der Waals surface area contributed by atoms with Crippen molar-refractivity contribution < 1.29 is 14.3 Å². The van der Waals surface area contributed by atoms with E-state index in [1.165, 1.54) is 23.1 Å². The fourth-order valence-electron chi connectivity index (χ4n) is 4.04. The number of thioether (sulfide) groups is 1. The van der Waals surface area contributed by atoms with E-state index in [4.69, 9.17) is 4.74 Å². The zero-order valence-electron chi connectivity index (χ0n) is 21.5. The van der Waals surface area contributed by atoms with Gasteiger partial charge < -0.3 is 10.1 Å². The first-order valence-corrected chi connectivity index (χ1v) is 14.3. The Morgan fingerprint density at radius 1 is 0.923 bits per heavy atom. The van der Waals surface area contributed by atoms with Crippen LogP contribution in [-0.4, -0.2) is 39.0 Å². The SMILES string of the molecule is CCOC(=O)c1c(-c2ccccc2)csc1NC(=O)CSc1nnc(-c2ccc(C)cc2)n1-c1ccccc1. The van der Waals surface area contributed by atoms with Crippen molar-refractivity contribution in [3.8, 4) is 28.2 Å². The molecule has 0 aliphatic rings. The molecule has 5 rings (SSSR count). The molecule has 0 atom stereocenters. The molecule has 0 aliphatic carbocycles. The topological polar surface area (TPSA) is 86.1 Å². The van der Waals surface area contributed by atoms with Crippen LogP contribution in [0.4, 0.5) is 5.00 Å². The van der Waals surface area contributed by atoms with Crippen molar-refractivity contribution in [3.05, 3.63) is 101 Å². The maximum atomic E-state index is 13.1. The van der Waals surface area contributed by atoms with Gasteiger partial charge in [0.1, 0.15) is 10.6 Å². The van der Waals surface area contributed by atoms with Crippen LogP contribution < -0.4 is 5.32 Å². The van der Waals surface area contributed by atoms with E-state index in [1.807, 2.05) is 102 Å². The maximum Gasteiger partial charge on any atom is 0.341 e. The van der Waals surface area contributed by atoms with Gasteiger partial charge in [-0.2, -0.15) is 0 Å². The number of thiophene rings is 1. The number of hydrogen-bond donors (Lipinski definition) is 1. The van der Waals surface area contributed by atoms with E-state index in [-0.39, 0.29) is 18.3 Å². The summed E-state index contributed by atoms with van der Waals surface area (Å²) in [5, 5.41) is 14.7. The number of carbonyl (C=O) groups excluding carboxylic acids is 2. The number of hydrogen-bond acceptors (Lipinski definition) is 7. The lowest BCUT2D eigenvalue weighted by Gasteiger charge is -2.11. The first kappa shape index (κ1) is 26.4. The Bertz CT molecular complexity index is 1580. The molecule has 0 spiro atoms. The van der Waals surface area contributed by atoms with Gasteiger partial charge in [0.2, 0.25) is 5.91 Å². The molecule has 7 nitrogen and oxygen atoms in total. The predicted octanol–water partition coefficient (Wildman–Crippen LogP) is 6.88. The molecule has 9 heteroatoms. The number of anilines is 1. The van der Waals surface area contributed by atoms with Gasteiger partial charge in [-0.25, -0.2) is 4.79 Å². The van der Waals surface area contributed by atoms with E-state index in [2.05, 4.69) is 15.5 Å². The predicted molar refractivity (Wildman–Crippen MR) is 157 cm³/mol. The van der Waals surface area contributed by atoms with Gasteiger partial charge >= 0.3 is 5.97 Å². The van der Waals surface area contributed by atoms with E-state index >= 15 is 0 Å². The second-order valence-electron chi connectivity index (χ2n) is 8.62. The van der Waals surface area contributed by atoms with Gasteiger partial charge in [-0.05, 0) is 31.5 Å². The van der Waals surface area contributed by atoms with Crippen LogP contribution >= 0.6 is 23.1 Å². The Morgan fingerprint density at radius 2 is 1.62 bits per heavy atom. The zero-order valence-corrected chi connectivity index (χ0v) is 23.1. The lowest BCUT2D eigenvalue weighted by atomic mass is 10.0. The Morgan fingerprint density at radius 3 is 2.31 bits per heavy atom. The van der Waals surface area contributed by atoms with Gasteiger partial charge in [0.25, 0.3) is 0 Å². The number of rotatable bonds is 9. The van der Waals surface area contributed by atoms with Crippen LogP contribution in [0.3, 0.4) is 0 Å². The van der Waals surface area contributed by atoms with E-state index in [0.29, 0.717) is 21.5 Å². The van der Waals surface area contributed by atoms with E-state index in [1.54, 1.807) is 6.92 Å². The van der Waals surface area contributed by atoms with Crippen molar-refractivity contribution in [1.82, 2.24) is 14.8 Å². The number of nitrogens with zero attached hydrogens (tertiary/aromatic N) is 3. The molecule has 0 saturated carbocycles. The molecule has 1 amide bonds. The largest absolute Gasteiger partial charge is 0.462 e. The molecule has 2 aromatic heterocycles. The van der Waals surface area contributed by atoms with E-state index < -0.39 is 5.97 Å². The fraction of sp³-hybridized carbons (Fsp3) is 0.133. The smallest absolute Gasteiger partial charge is 0.341 e. The second-order valence-corrected chi connectivity index (χ2v) is 10.4. The molecule has 39 heavy (non-hydrogen) atoms. The molecule has 0 aliphatic heterocycles. The molecule has 0 saturated heterocycles. The molecule has 0 fully saturated rings. The summed E-state index contributed by atoms with van der Waals surface area (Å²) in [5.74, 6) is 0.0535. The number of amides is 1. The Balaban J connectivity index is 1.39. The van der Waals surface area contributed by atoms with Crippen LogP contribution in [0.1, 0.15) is 22.8 Å². The highest BCUT2D eigenvalue weighted by molar-refractivity contribution is 7.99. The zero-order chi connectivity index (χ0) is 27.2. The normalized spacial score (nSPS) is 10.8. The molecule has 0 bridgehead atoms. The highest BCUT2D eigenvalue weighted by Crippen LogP contribution is 2.36.